The van der Waals surface area contributed by atoms with Gasteiger partial charge in [-0.05, 0) is 70.4 Å². The number of rotatable bonds is 6. The molecule has 0 saturated heterocycles. The Hall–Kier alpha value is -8.55. The molecule has 12 aromatic rings. The second-order valence-corrected chi connectivity index (χ2v) is 15.4. The van der Waals surface area contributed by atoms with Gasteiger partial charge in [-0.2, -0.15) is 0 Å². The monoisotopic (exact) mass is 791 g/mol. The summed E-state index contributed by atoms with van der Waals surface area (Å²) in [6.07, 6.45) is 1.83. The largest absolute Gasteiger partial charge is 0.254 e. The first-order valence-electron chi connectivity index (χ1n) is 20.5. The van der Waals surface area contributed by atoms with Crippen molar-refractivity contribution >= 4 is 54.4 Å². The maximum absolute atomic E-state index is 5.20. The second-order valence-electron chi connectivity index (χ2n) is 15.4. The average Bonchev–Trinajstić information content (AvgIpc) is 3.35. The molecule has 0 radical (unpaired) electrons. The Morgan fingerprint density at radius 2 is 0.758 bits per heavy atom. The predicted molar refractivity (Wildman–Crippen MR) is 251 cm³/mol. The molecule has 0 aliphatic carbocycles. The van der Waals surface area contributed by atoms with E-state index < -0.39 is 0 Å². The third kappa shape index (κ3) is 6.28. The Balaban J connectivity index is 0.862. The highest BCUT2D eigenvalue weighted by Gasteiger charge is 2.16. The molecule has 0 N–H and O–H groups in total. The lowest BCUT2D eigenvalue weighted by Crippen LogP contribution is -2.01. The minimum atomic E-state index is 0.530. The molecule has 5 heterocycles. The number of hydrogen-bond donors (Lipinski definition) is 0. The van der Waals surface area contributed by atoms with Gasteiger partial charge < -0.3 is 0 Å². The molecule has 0 aliphatic rings. The number of benzene rings is 7. The Bertz CT molecular complexity index is 3640. The van der Waals surface area contributed by atoms with Crippen LogP contribution in [0.4, 0.5) is 0 Å². The maximum atomic E-state index is 5.20. The van der Waals surface area contributed by atoms with Crippen LogP contribution < -0.4 is 0 Å². The van der Waals surface area contributed by atoms with Crippen LogP contribution in [0.25, 0.3) is 122 Å². The summed E-state index contributed by atoms with van der Waals surface area (Å²) in [7, 11) is 0. The van der Waals surface area contributed by atoms with Crippen LogP contribution in [0.3, 0.4) is 0 Å². The highest BCUT2D eigenvalue weighted by Crippen LogP contribution is 2.37. The van der Waals surface area contributed by atoms with Gasteiger partial charge in [0.1, 0.15) is 5.69 Å². The van der Waals surface area contributed by atoms with Crippen molar-refractivity contribution in [2.75, 3.05) is 0 Å². The lowest BCUT2D eigenvalue weighted by atomic mass is 9.95. The van der Waals surface area contributed by atoms with Crippen molar-refractivity contribution in [1.82, 2.24) is 34.9 Å². The molecule has 0 atom stereocenters. The van der Waals surface area contributed by atoms with E-state index in [-0.39, 0.29) is 0 Å². The zero-order valence-corrected chi connectivity index (χ0v) is 33.2. The highest BCUT2D eigenvalue weighted by molar-refractivity contribution is 6.07. The van der Waals surface area contributed by atoms with Crippen LogP contribution in [0.1, 0.15) is 0 Å². The zero-order valence-electron chi connectivity index (χ0n) is 33.2. The van der Waals surface area contributed by atoms with Crippen molar-refractivity contribution in [1.29, 1.82) is 0 Å². The Morgan fingerprint density at radius 1 is 0.274 bits per heavy atom. The minimum absolute atomic E-state index is 0.530. The number of nitrogens with zero attached hydrogens (tertiary/aromatic N) is 7. The van der Waals surface area contributed by atoms with Gasteiger partial charge in [0.2, 0.25) is 0 Å². The van der Waals surface area contributed by atoms with E-state index in [1.807, 2.05) is 79.0 Å². The Kier molecular flexibility index (Phi) is 8.35. The lowest BCUT2D eigenvalue weighted by molar-refractivity contribution is 1.06. The molecule has 0 saturated carbocycles. The van der Waals surface area contributed by atoms with Gasteiger partial charge in [-0.15, -0.1) is 0 Å². The molecule has 5 aromatic heterocycles. The minimum Gasteiger partial charge on any atom is -0.254 e. The topological polar surface area (TPSA) is 90.2 Å². The van der Waals surface area contributed by atoms with E-state index in [4.69, 9.17) is 29.9 Å². The summed E-state index contributed by atoms with van der Waals surface area (Å²) in [5, 5.41) is 6.51. The summed E-state index contributed by atoms with van der Waals surface area (Å²) in [5.74, 6) is 1.75. The number of fused-ring (bicyclic) bond motifs is 6. The van der Waals surface area contributed by atoms with Crippen molar-refractivity contribution in [3.05, 3.63) is 200 Å². The van der Waals surface area contributed by atoms with Crippen molar-refractivity contribution in [2.24, 2.45) is 0 Å². The second kappa shape index (κ2) is 14.6. The smallest absolute Gasteiger partial charge is 0.182 e. The molecule has 7 aromatic carbocycles. The molecule has 0 unspecified atom stereocenters. The van der Waals surface area contributed by atoms with Gasteiger partial charge in [0.25, 0.3) is 0 Å². The fourth-order valence-corrected chi connectivity index (χ4v) is 8.43. The average molecular weight is 792 g/mol. The molecule has 0 aliphatic heterocycles. The Labute approximate surface area is 356 Å². The maximum Gasteiger partial charge on any atom is 0.182 e. The van der Waals surface area contributed by atoms with E-state index in [0.717, 1.165) is 99.2 Å². The van der Waals surface area contributed by atoms with Crippen molar-refractivity contribution < 1.29 is 0 Å². The summed E-state index contributed by atoms with van der Waals surface area (Å²) in [6.45, 7) is 0. The molecule has 0 fully saturated rings. The van der Waals surface area contributed by atoms with E-state index in [0.29, 0.717) is 23.2 Å². The molecule has 62 heavy (non-hydrogen) atoms. The molecule has 0 bridgehead atoms. The van der Waals surface area contributed by atoms with Gasteiger partial charge in [-0.1, -0.05) is 146 Å². The SMILES string of the molecule is c1ccc(-c2nc(-c3ccccc3)nc(-c3ccc4cc(-c5ccc6nc(-c7ccc(-c8ccc9ccc%10cccnc%10c9n8)c8ccccc78)ccc6c5)ccc4n3)n2)cc1. The third-order valence-electron chi connectivity index (χ3n) is 11.5. The number of hydrogen-bond acceptors (Lipinski definition) is 7. The predicted octanol–water partition coefficient (Wildman–Crippen LogP) is 13.2. The van der Waals surface area contributed by atoms with Gasteiger partial charge in [0, 0.05) is 50.0 Å². The van der Waals surface area contributed by atoms with Gasteiger partial charge in [0.05, 0.1) is 33.5 Å². The summed E-state index contributed by atoms with van der Waals surface area (Å²) >= 11 is 0. The molecule has 288 valence electrons. The third-order valence-corrected chi connectivity index (χ3v) is 11.5. The summed E-state index contributed by atoms with van der Waals surface area (Å²) in [6, 6.07) is 66.6. The highest BCUT2D eigenvalue weighted by atomic mass is 15.0. The fourth-order valence-electron chi connectivity index (χ4n) is 8.43. The van der Waals surface area contributed by atoms with Crippen LogP contribution in [-0.2, 0) is 0 Å². The van der Waals surface area contributed by atoms with E-state index in [1.165, 1.54) is 0 Å². The van der Waals surface area contributed by atoms with Crippen LogP contribution in [0.5, 0.6) is 0 Å². The zero-order chi connectivity index (χ0) is 41.0. The number of aromatic nitrogens is 7. The van der Waals surface area contributed by atoms with Gasteiger partial charge in [-0.25, -0.2) is 29.9 Å². The lowest BCUT2D eigenvalue weighted by Gasteiger charge is -2.13. The van der Waals surface area contributed by atoms with Gasteiger partial charge >= 0.3 is 0 Å². The first-order chi connectivity index (χ1) is 30.7. The van der Waals surface area contributed by atoms with E-state index in [2.05, 4.69) is 126 Å². The van der Waals surface area contributed by atoms with Gasteiger partial charge in [-0.3, -0.25) is 4.98 Å². The van der Waals surface area contributed by atoms with Crippen molar-refractivity contribution in [2.45, 2.75) is 0 Å². The molecule has 0 amide bonds. The van der Waals surface area contributed by atoms with E-state index in [9.17, 15) is 0 Å². The quantitative estimate of drug-likeness (QED) is 0.155. The van der Waals surface area contributed by atoms with Crippen LogP contribution in [0, 0.1) is 0 Å². The summed E-state index contributed by atoms with van der Waals surface area (Å²) in [5.41, 5.74) is 12.4. The van der Waals surface area contributed by atoms with Crippen LogP contribution >= 0.6 is 0 Å². The van der Waals surface area contributed by atoms with E-state index in [1.54, 1.807) is 0 Å². The summed E-state index contributed by atoms with van der Waals surface area (Å²) in [4.78, 5) is 34.7. The first kappa shape index (κ1) is 35.4. The molecule has 12 rings (SSSR count). The van der Waals surface area contributed by atoms with Crippen LogP contribution in [0.15, 0.2) is 200 Å². The van der Waals surface area contributed by atoms with E-state index >= 15 is 0 Å². The molecule has 0 spiro atoms. The van der Waals surface area contributed by atoms with Crippen molar-refractivity contribution in [3.8, 4) is 67.9 Å². The van der Waals surface area contributed by atoms with Crippen LogP contribution in [0.2, 0.25) is 0 Å². The Morgan fingerprint density at radius 3 is 1.37 bits per heavy atom. The fraction of sp³-hybridized carbons (Fsp3) is 0. The molecule has 7 heteroatoms. The normalized spacial score (nSPS) is 11.5. The molecular weight excluding hydrogens is 759 g/mol. The van der Waals surface area contributed by atoms with Crippen LogP contribution in [-0.4, -0.2) is 34.9 Å². The van der Waals surface area contributed by atoms with Gasteiger partial charge in [0.15, 0.2) is 17.5 Å². The molecular formula is C55H33N7. The number of pyridine rings is 4. The molecule has 7 nitrogen and oxygen atoms in total. The standard InChI is InChI=1S/C55H33N7/c1-3-10-36(11-4-1)53-60-54(37-12-5-2-6-13-37)62-55(61-53)50-30-23-41-33-39(21-27-47(41)58-50)38-20-26-46-40(32-38)22-29-48(57-46)44-24-25-45(43-16-8-7-15-42(43)44)49-28-19-35-18-17-34-14-9-31-56-51(34)52(35)59-49/h1-33H. The first-order valence-corrected chi connectivity index (χ1v) is 20.5. The van der Waals surface area contributed by atoms with Crippen molar-refractivity contribution in [3.63, 3.8) is 0 Å². The summed E-state index contributed by atoms with van der Waals surface area (Å²) < 4.78 is 0.